The van der Waals surface area contributed by atoms with Gasteiger partial charge in [0, 0.05) is 29.2 Å². The van der Waals surface area contributed by atoms with Crippen LogP contribution in [0.15, 0.2) is 18.2 Å². The second-order valence-electron chi connectivity index (χ2n) is 5.53. The standard InChI is InChI=1S/C16H25N3OS/c1-3-18-16(20)14-8-7-11(17)9-15(14)19-12-5-4-6-13(10-12)21-2/h7-9,12-13,19H,3-6,10,17H2,1-2H3,(H,18,20). The lowest BCUT2D eigenvalue weighted by Gasteiger charge is -2.30. The minimum absolute atomic E-state index is 0.0442. The highest BCUT2D eigenvalue weighted by Crippen LogP contribution is 2.30. The van der Waals surface area contributed by atoms with Crippen molar-refractivity contribution in [2.24, 2.45) is 0 Å². The van der Waals surface area contributed by atoms with E-state index in [-0.39, 0.29) is 5.91 Å². The van der Waals surface area contributed by atoms with Crippen LogP contribution >= 0.6 is 11.8 Å². The number of nitrogens with two attached hydrogens (primary N) is 1. The van der Waals surface area contributed by atoms with Gasteiger partial charge in [0.2, 0.25) is 0 Å². The maximum atomic E-state index is 12.1. The summed E-state index contributed by atoms with van der Waals surface area (Å²) in [7, 11) is 0. The van der Waals surface area contributed by atoms with Gasteiger partial charge in [-0.1, -0.05) is 6.42 Å². The number of nitrogens with one attached hydrogen (secondary N) is 2. The van der Waals surface area contributed by atoms with Gasteiger partial charge in [-0.05, 0) is 50.6 Å². The Hall–Kier alpha value is -1.36. The van der Waals surface area contributed by atoms with Crippen molar-refractivity contribution in [3.8, 4) is 0 Å². The number of carbonyl (C=O) groups is 1. The average molecular weight is 307 g/mol. The maximum absolute atomic E-state index is 12.1. The molecule has 0 bridgehead atoms. The fourth-order valence-electron chi connectivity index (χ4n) is 2.85. The maximum Gasteiger partial charge on any atom is 0.253 e. The first-order valence-corrected chi connectivity index (χ1v) is 8.90. The van der Waals surface area contributed by atoms with Crippen LogP contribution in [-0.2, 0) is 0 Å². The molecule has 1 aliphatic rings. The van der Waals surface area contributed by atoms with Gasteiger partial charge in [-0.2, -0.15) is 11.8 Å². The van der Waals surface area contributed by atoms with E-state index >= 15 is 0 Å². The number of thioether (sulfide) groups is 1. The average Bonchev–Trinajstić information content (AvgIpc) is 2.48. The number of amides is 1. The van der Waals surface area contributed by atoms with E-state index in [9.17, 15) is 4.79 Å². The molecule has 1 saturated carbocycles. The molecular weight excluding hydrogens is 282 g/mol. The van der Waals surface area contributed by atoms with E-state index in [1.165, 1.54) is 12.8 Å². The molecule has 0 spiro atoms. The minimum atomic E-state index is -0.0442. The van der Waals surface area contributed by atoms with Gasteiger partial charge in [0.25, 0.3) is 5.91 Å². The topological polar surface area (TPSA) is 67.2 Å². The molecule has 4 nitrogen and oxygen atoms in total. The van der Waals surface area contributed by atoms with E-state index in [0.717, 1.165) is 18.5 Å². The number of benzene rings is 1. The van der Waals surface area contributed by atoms with Crippen LogP contribution in [0.25, 0.3) is 0 Å². The Labute approximate surface area is 131 Å². The Balaban J connectivity index is 2.14. The van der Waals surface area contributed by atoms with Crippen molar-refractivity contribution in [2.45, 2.75) is 43.9 Å². The van der Waals surface area contributed by atoms with Gasteiger partial charge in [-0.3, -0.25) is 4.79 Å². The number of rotatable bonds is 5. The second-order valence-corrected chi connectivity index (χ2v) is 6.67. The monoisotopic (exact) mass is 307 g/mol. The van der Waals surface area contributed by atoms with Gasteiger partial charge < -0.3 is 16.4 Å². The number of carbonyl (C=O) groups excluding carboxylic acids is 1. The number of nitrogen functional groups attached to an aromatic ring is 1. The summed E-state index contributed by atoms with van der Waals surface area (Å²) >= 11 is 1.94. The van der Waals surface area contributed by atoms with Gasteiger partial charge in [0.15, 0.2) is 0 Å². The van der Waals surface area contributed by atoms with Gasteiger partial charge >= 0.3 is 0 Å². The molecule has 0 aromatic heterocycles. The summed E-state index contributed by atoms with van der Waals surface area (Å²) in [5.74, 6) is -0.0442. The van der Waals surface area contributed by atoms with E-state index in [0.29, 0.717) is 29.1 Å². The molecule has 0 saturated heterocycles. The molecule has 1 aliphatic carbocycles. The highest BCUT2D eigenvalue weighted by Gasteiger charge is 2.22. The fourth-order valence-corrected chi connectivity index (χ4v) is 3.67. The molecule has 21 heavy (non-hydrogen) atoms. The van der Waals surface area contributed by atoms with Crippen molar-refractivity contribution in [3.63, 3.8) is 0 Å². The van der Waals surface area contributed by atoms with Crippen LogP contribution in [0.2, 0.25) is 0 Å². The van der Waals surface area contributed by atoms with Crippen LogP contribution in [0.3, 0.4) is 0 Å². The molecule has 0 aliphatic heterocycles. The molecule has 0 heterocycles. The van der Waals surface area contributed by atoms with E-state index in [4.69, 9.17) is 5.73 Å². The van der Waals surface area contributed by atoms with Crippen molar-refractivity contribution in [2.75, 3.05) is 23.9 Å². The number of hydrogen-bond acceptors (Lipinski definition) is 4. The summed E-state index contributed by atoms with van der Waals surface area (Å²) in [4.78, 5) is 12.1. The Kier molecular flexibility index (Phi) is 5.79. The molecule has 116 valence electrons. The molecule has 2 atom stereocenters. The summed E-state index contributed by atoms with van der Waals surface area (Å²) in [6, 6.07) is 5.87. The van der Waals surface area contributed by atoms with Gasteiger partial charge in [-0.25, -0.2) is 0 Å². The molecule has 5 heteroatoms. The lowest BCUT2D eigenvalue weighted by molar-refractivity contribution is 0.0956. The summed E-state index contributed by atoms with van der Waals surface area (Å²) in [6.07, 6.45) is 7.00. The predicted molar refractivity (Wildman–Crippen MR) is 92.0 cm³/mol. The van der Waals surface area contributed by atoms with Crippen LogP contribution in [0, 0.1) is 0 Å². The molecule has 1 amide bonds. The summed E-state index contributed by atoms with van der Waals surface area (Å²) in [5, 5.41) is 7.11. The molecule has 2 rings (SSSR count). The van der Waals surface area contributed by atoms with Gasteiger partial charge in [0.1, 0.15) is 0 Å². The summed E-state index contributed by atoms with van der Waals surface area (Å²) in [6.45, 7) is 2.55. The van der Waals surface area contributed by atoms with E-state index in [1.807, 2.05) is 24.8 Å². The quantitative estimate of drug-likeness (QED) is 0.731. The molecule has 4 N–H and O–H groups in total. The van der Waals surface area contributed by atoms with Gasteiger partial charge in [0.05, 0.1) is 5.56 Å². The lowest BCUT2D eigenvalue weighted by Crippen LogP contribution is -2.30. The third kappa shape index (κ3) is 4.30. The van der Waals surface area contributed by atoms with Crippen molar-refractivity contribution >= 4 is 29.0 Å². The van der Waals surface area contributed by atoms with Crippen molar-refractivity contribution in [1.29, 1.82) is 0 Å². The highest BCUT2D eigenvalue weighted by atomic mass is 32.2. The number of anilines is 2. The van der Waals surface area contributed by atoms with Crippen LogP contribution < -0.4 is 16.4 Å². The van der Waals surface area contributed by atoms with E-state index < -0.39 is 0 Å². The number of hydrogen-bond donors (Lipinski definition) is 3. The smallest absolute Gasteiger partial charge is 0.253 e. The van der Waals surface area contributed by atoms with Gasteiger partial charge in [-0.15, -0.1) is 0 Å². The van der Waals surface area contributed by atoms with Crippen LogP contribution in [0.1, 0.15) is 43.0 Å². The molecule has 1 fully saturated rings. The second kappa shape index (κ2) is 7.59. The molecular formula is C16H25N3OS. The van der Waals surface area contributed by atoms with Crippen LogP contribution in [0.5, 0.6) is 0 Å². The predicted octanol–water partition coefficient (Wildman–Crippen LogP) is 3.10. The first-order valence-electron chi connectivity index (χ1n) is 7.61. The fraction of sp³-hybridized carbons (Fsp3) is 0.562. The Bertz CT molecular complexity index is 492. The first-order chi connectivity index (χ1) is 10.1. The summed E-state index contributed by atoms with van der Waals surface area (Å²) in [5.41, 5.74) is 8.10. The SMILES string of the molecule is CCNC(=O)c1ccc(N)cc1NC1CCCC(SC)C1. The molecule has 1 aromatic rings. The zero-order valence-corrected chi connectivity index (χ0v) is 13.6. The first kappa shape index (κ1) is 16.0. The normalized spacial score (nSPS) is 21.8. The lowest BCUT2D eigenvalue weighted by atomic mass is 9.94. The molecule has 0 radical (unpaired) electrons. The van der Waals surface area contributed by atoms with Crippen molar-refractivity contribution < 1.29 is 4.79 Å². The summed E-state index contributed by atoms with van der Waals surface area (Å²) < 4.78 is 0. The van der Waals surface area contributed by atoms with Crippen molar-refractivity contribution in [1.82, 2.24) is 5.32 Å². The third-order valence-corrected chi connectivity index (χ3v) is 5.04. The zero-order valence-electron chi connectivity index (χ0n) is 12.8. The Morgan fingerprint density at radius 2 is 2.24 bits per heavy atom. The Morgan fingerprint density at radius 3 is 2.95 bits per heavy atom. The molecule has 2 unspecified atom stereocenters. The van der Waals surface area contributed by atoms with Crippen LogP contribution in [0.4, 0.5) is 11.4 Å². The van der Waals surface area contributed by atoms with Crippen LogP contribution in [-0.4, -0.2) is 30.0 Å². The van der Waals surface area contributed by atoms with Crippen molar-refractivity contribution in [3.05, 3.63) is 23.8 Å². The highest BCUT2D eigenvalue weighted by molar-refractivity contribution is 7.99. The van der Waals surface area contributed by atoms with E-state index in [1.54, 1.807) is 12.1 Å². The van der Waals surface area contributed by atoms with E-state index in [2.05, 4.69) is 16.9 Å². The molecule has 1 aromatic carbocycles. The largest absolute Gasteiger partial charge is 0.399 e. The zero-order chi connectivity index (χ0) is 15.2. The Morgan fingerprint density at radius 1 is 1.43 bits per heavy atom. The third-order valence-electron chi connectivity index (χ3n) is 3.94. The minimum Gasteiger partial charge on any atom is -0.399 e.